The van der Waals surface area contributed by atoms with E-state index >= 15 is 0 Å². The molecule has 0 aromatic heterocycles. The summed E-state index contributed by atoms with van der Waals surface area (Å²) in [5.74, 6) is 1.91. The third kappa shape index (κ3) is 2.50. The Morgan fingerprint density at radius 1 is 0.857 bits per heavy atom. The second-order valence-corrected chi connectivity index (χ2v) is 8.19. The van der Waals surface area contributed by atoms with Crippen LogP contribution in [0.2, 0.25) is 0 Å². The summed E-state index contributed by atoms with van der Waals surface area (Å²) in [6.45, 7) is 8.91. The Bertz CT molecular complexity index is 1130. The normalized spacial score (nSPS) is 17.8. The minimum absolute atomic E-state index is 0.554. The van der Waals surface area contributed by atoms with Gasteiger partial charge in [-0.1, -0.05) is 68.0 Å². The molecular weight excluding hydrogens is 338 g/mol. The van der Waals surface area contributed by atoms with Crippen LogP contribution in [-0.2, 0) is 0 Å². The van der Waals surface area contributed by atoms with E-state index in [9.17, 15) is 0 Å². The first-order valence-electron chi connectivity index (χ1n) is 10.0. The fourth-order valence-corrected chi connectivity index (χ4v) is 4.57. The van der Waals surface area contributed by atoms with Gasteiger partial charge >= 0.3 is 0 Å². The molecule has 2 aliphatic carbocycles. The van der Waals surface area contributed by atoms with Crippen LogP contribution in [0.15, 0.2) is 87.6 Å². The number of rotatable bonds is 3. The predicted octanol–water partition coefficient (Wildman–Crippen LogP) is 7.04. The second-order valence-electron chi connectivity index (χ2n) is 8.19. The van der Waals surface area contributed by atoms with Crippen LogP contribution in [0.5, 0.6) is 0 Å². The van der Waals surface area contributed by atoms with Gasteiger partial charge in [0, 0.05) is 11.8 Å². The topological polar surface area (TPSA) is 12.4 Å². The summed E-state index contributed by atoms with van der Waals surface area (Å²) >= 11 is 0. The summed E-state index contributed by atoms with van der Waals surface area (Å²) in [5.41, 5.74) is 13.0. The van der Waals surface area contributed by atoms with Crippen LogP contribution in [0.4, 0.5) is 0 Å². The molecule has 137 valence electrons. The highest BCUT2D eigenvalue weighted by Gasteiger charge is 2.34. The highest BCUT2D eigenvalue weighted by atomic mass is 14.8. The zero-order valence-electron chi connectivity index (χ0n) is 16.9. The zero-order chi connectivity index (χ0) is 19.4. The highest BCUT2D eigenvalue weighted by Crippen LogP contribution is 2.50. The van der Waals surface area contributed by atoms with Gasteiger partial charge in [0.05, 0.1) is 11.6 Å². The van der Waals surface area contributed by atoms with Gasteiger partial charge in [-0.3, -0.25) is 4.99 Å². The van der Waals surface area contributed by atoms with E-state index in [0.717, 1.165) is 5.70 Å². The van der Waals surface area contributed by atoms with Crippen molar-refractivity contribution in [3.8, 4) is 11.1 Å². The Morgan fingerprint density at radius 2 is 1.61 bits per heavy atom. The van der Waals surface area contributed by atoms with Crippen molar-refractivity contribution < 1.29 is 0 Å². The smallest absolute Gasteiger partial charge is 0.0708 e. The third-order valence-electron chi connectivity index (χ3n) is 6.02. The Morgan fingerprint density at radius 3 is 2.36 bits per heavy atom. The van der Waals surface area contributed by atoms with Gasteiger partial charge in [0.1, 0.15) is 0 Å². The Hall–Kier alpha value is -2.93. The van der Waals surface area contributed by atoms with Crippen molar-refractivity contribution in [2.24, 2.45) is 4.99 Å². The molecule has 1 aliphatic heterocycles. The lowest BCUT2D eigenvalue weighted by Gasteiger charge is -2.19. The van der Waals surface area contributed by atoms with E-state index in [1.807, 2.05) is 6.21 Å². The quantitative estimate of drug-likeness (QED) is 0.555. The molecule has 5 rings (SSSR count). The Labute approximate surface area is 167 Å². The van der Waals surface area contributed by atoms with Crippen LogP contribution >= 0.6 is 0 Å². The zero-order valence-corrected chi connectivity index (χ0v) is 16.9. The molecule has 1 nitrogen and oxygen atoms in total. The van der Waals surface area contributed by atoms with Crippen molar-refractivity contribution in [2.45, 2.75) is 33.6 Å². The first-order chi connectivity index (χ1) is 13.5. The molecule has 28 heavy (non-hydrogen) atoms. The first kappa shape index (κ1) is 17.2. The molecule has 0 atom stereocenters. The van der Waals surface area contributed by atoms with E-state index < -0.39 is 0 Å². The van der Waals surface area contributed by atoms with E-state index in [4.69, 9.17) is 0 Å². The van der Waals surface area contributed by atoms with Crippen LogP contribution in [-0.4, -0.2) is 6.21 Å². The molecule has 3 aliphatic rings. The number of aliphatic imine (C=N–C) groups is 1. The van der Waals surface area contributed by atoms with Crippen molar-refractivity contribution in [3.63, 3.8) is 0 Å². The second kappa shape index (κ2) is 6.31. The summed E-state index contributed by atoms with van der Waals surface area (Å²) in [5, 5.41) is 0. The molecule has 0 fully saturated rings. The van der Waals surface area contributed by atoms with Gasteiger partial charge < -0.3 is 0 Å². The maximum Gasteiger partial charge on any atom is 0.0708 e. The van der Waals surface area contributed by atoms with Crippen LogP contribution in [0.1, 0.15) is 50.3 Å². The highest BCUT2D eigenvalue weighted by molar-refractivity contribution is 5.92. The van der Waals surface area contributed by atoms with Gasteiger partial charge in [-0.2, -0.15) is 0 Å². The fourth-order valence-electron chi connectivity index (χ4n) is 4.57. The van der Waals surface area contributed by atoms with E-state index in [2.05, 4.69) is 93.4 Å². The summed E-state index contributed by atoms with van der Waals surface area (Å²) in [7, 11) is 0. The third-order valence-corrected chi connectivity index (χ3v) is 6.02. The number of allylic oxidation sites excluding steroid dienone is 5. The molecule has 0 unspecified atom stereocenters. The molecular formula is C27H24N. The SMILES string of the molecule is CC1=Cc2c(cccc2-c2ccc(C(C)C)cc2)[C]1C1=C(C)C=C2N=CC=C21. The maximum absolute atomic E-state index is 4.51. The van der Waals surface area contributed by atoms with E-state index in [1.54, 1.807) is 0 Å². The molecule has 0 saturated carbocycles. The monoisotopic (exact) mass is 362 g/mol. The average Bonchev–Trinajstić information content (AvgIpc) is 3.34. The minimum atomic E-state index is 0.554. The van der Waals surface area contributed by atoms with Crippen LogP contribution in [0.25, 0.3) is 17.2 Å². The average molecular weight is 362 g/mol. The molecule has 0 amide bonds. The Balaban J connectivity index is 1.60. The molecule has 2 aromatic carbocycles. The molecule has 0 N–H and O–H groups in total. The molecule has 1 radical (unpaired) electrons. The number of fused-ring (bicyclic) bond motifs is 2. The van der Waals surface area contributed by atoms with Gasteiger partial charge in [-0.15, -0.1) is 0 Å². The fraction of sp³-hybridized carbons (Fsp3) is 0.185. The van der Waals surface area contributed by atoms with Crippen molar-refractivity contribution in [1.29, 1.82) is 0 Å². The summed E-state index contributed by atoms with van der Waals surface area (Å²) in [6, 6.07) is 15.7. The largest absolute Gasteiger partial charge is 0.256 e. The van der Waals surface area contributed by atoms with Gasteiger partial charge in [0.15, 0.2) is 0 Å². The van der Waals surface area contributed by atoms with E-state index in [0.29, 0.717) is 5.92 Å². The number of hydrogen-bond donors (Lipinski definition) is 0. The number of nitrogens with zero attached hydrogens (tertiary/aromatic N) is 1. The van der Waals surface area contributed by atoms with Crippen LogP contribution in [0.3, 0.4) is 0 Å². The van der Waals surface area contributed by atoms with Crippen molar-refractivity contribution in [1.82, 2.24) is 0 Å². The summed E-state index contributed by atoms with van der Waals surface area (Å²) in [4.78, 5) is 4.51. The molecule has 1 heteroatoms. The Kier molecular flexibility index (Phi) is 3.87. The molecule has 0 bridgehead atoms. The summed E-state index contributed by atoms with van der Waals surface area (Å²) in [6.07, 6.45) is 8.61. The first-order valence-corrected chi connectivity index (χ1v) is 10.0. The van der Waals surface area contributed by atoms with Gasteiger partial charge in [-0.25, -0.2) is 0 Å². The van der Waals surface area contributed by atoms with Gasteiger partial charge in [0.25, 0.3) is 0 Å². The van der Waals surface area contributed by atoms with Crippen molar-refractivity contribution in [2.75, 3.05) is 0 Å². The standard InChI is InChI=1S/C27H24N/c1-16(2)19-8-10-20(11-9-19)21-6-5-7-22-24(21)14-17(3)26(22)27-18(4)15-25-23(27)12-13-28-25/h5-16H,1-4H3. The van der Waals surface area contributed by atoms with Crippen LogP contribution in [0, 0.1) is 5.92 Å². The lowest BCUT2D eigenvalue weighted by molar-refractivity contribution is 0.867. The molecule has 0 spiro atoms. The molecule has 1 heterocycles. The van der Waals surface area contributed by atoms with Gasteiger partial charge in [0.2, 0.25) is 0 Å². The predicted molar refractivity (Wildman–Crippen MR) is 119 cm³/mol. The minimum Gasteiger partial charge on any atom is -0.256 e. The van der Waals surface area contributed by atoms with Crippen molar-refractivity contribution >= 4 is 12.3 Å². The molecule has 2 aromatic rings. The number of hydrogen-bond acceptors (Lipinski definition) is 1. The maximum atomic E-state index is 4.51. The molecule has 0 saturated heterocycles. The lowest BCUT2D eigenvalue weighted by atomic mass is 9.83. The summed E-state index contributed by atoms with van der Waals surface area (Å²) < 4.78 is 0. The van der Waals surface area contributed by atoms with E-state index in [1.165, 1.54) is 56.0 Å². The van der Waals surface area contributed by atoms with E-state index in [-0.39, 0.29) is 0 Å². The lowest BCUT2D eigenvalue weighted by Crippen LogP contribution is -2.05. The van der Waals surface area contributed by atoms with Crippen LogP contribution < -0.4 is 0 Å². The van der Waals surface area contributed by atoms with Crippen molar-refractivity contribution in [3.05, 3.63) is 105 Å². The number of benzene rings is 2. The van der Waals surface area contributed by atoms with Gasteiger partial charge in [-0.05, 0) is 70.9 Å².